The van der Waals surface area contributed by atoms with Crippen LogP contribution in [-0.2, 0) is 9.53 Å². The average molecular weight is 202 g/mol. The summed E-state index contributed by atoms with van der Waals surface area (Å²) in [6, 6.07) is 0. The molecule has 0 amide bonds. The molecule has 3 heteroatoms. The molecule has 0 aliphatic carbocycles. The third-order valence-corrected chi connectivity index (χ3v) is 2.52. The number of hydrogen-bond acceptors (Lipinski definition) is 2. The summed E-state index contributed by atoms with van der Waals surface area (Å²) in [5, 5.41) is 0.453. The Labute approximate surface area is 84.5 Å². The van der Waals surface area contributed by atoms with E-state index in [2.05, 4.69) is 0 Å². The molecule has 0 aromatic heterocycles. The van der Waals surface area contributed by atoms with Gasteiger partial charge in [-0.1, -0.05) is 19.3 Å². The number of rotatable bonds is 9. The first-order valence-corrected chi connectivity index (χ1v) is 6.34. The van der Waals surface area contributed by atoms with Crippen LogP contribution in [0.1, 0.15) is 45.4 Å². The van der Waals surface area contributed by atoms with Crippen molar-refractivity contribution in [3.8, 4) is 0 Å². The molecule has 0 spiro atoms. The molecular weight excluding hydrogens is 180 g/mol. The molecular formula is C10H22O2Si. The molecule has 0 aromatic rings. The highest BCUT2D eigenvalue weighted by Crippen LogP contribution is 2.05. The van der Waals surface area contributed by atoms with Crippen molar-refractivity contribution in [3.05, 3.63) is 0 Å². The average Bonchev–Trinajstić information content (AvgIpc) is 2.09. The third-order valence-electron chi connectivity index (χ3n) is 2.02. The van der Waals surface area contributed by atoms with Gasteiger partial charge in [-0.15, -0.1) is 0 Å². The fraction of sp³-hybridized carbons (Fsp3) is 0.900. The Bertz CT molecular complexity index is 126. The van der Waals surface area contributed by atoms with Gasteiger partial charge in [-0.05, 0) is 19.8 Å². The van der Waals surface area contributed by atoms with Gasteiger partial charge >= 0.3 is 0 Å². The van der Waals surface area contributed by atoms with Crippen molar-refractivity contribution in [2.24, 2.45) is 0 Å². The predicted octanol–water partition coefficient (Wildman–Crippen LogP) is 1.26. The van der Waals surface area contributed by atoms with Crippen LogP contribution in [0.5, 0.6) is 0 Å². The molecule has 0 aliphatic heterocycles. The van der Waals surface area contributed by atoms with Crippen molar-refractivity contribution in [3.63, 3.8) is 0 Å². The van der Waals surface area contributed by atoms with Gasteiger partial charge in [-0.25, -0.2) is 0 Å². The lowest BCUT2D eigenvalue weighted by molar-refractivity contribution is -0.111. The molecule has 0 aromatic carbocycles. The summed E-state index contributed by atoms with van der Waals surface area (Å²) >= 11 is 0. The molecule has 0 saturated heterocycles. The van der Waals surface area contributed by atoms with Crippen LogP contribution < -0.4 is 0 Å². The van der Waals surface area contributed by atoms with Gasteiger partial charge in [0.2, 0.25) is 0 Å². The maximum Gasteiger partial charge on any atom is 0.100 e. The summed E-state index contributed by atoms with van der Waals surface area (Å²) in [6.07, 6.45) is 6.79. The van der Waals surface area contributed by atoms with Gasteiger partial charge < -0.3 is 9.53 Å². The van der Waals surface area contributed by atoms with Gasteiger partial charge in [0.15, 0.2) is 0 Å². The van der Waals surface area contributed by atoms with E-state index in [1.165, 1.54) is 25.7 Å². The highest BCUT2D eigenvalue weighted by atomic mass is 28.1. The van der Waals surface area contributed by atoms with E-state index in [9.17, 15) is 4.79 Å². The van der Waals surface area contributed by atoms with Gasteiger partial charge in [0.1, 0.15) is 5.41 Å². The van der Waals surface area contributed by atoms with Crippen LogP contribution in [0.3, 0.4) is 0 Å². The Morgan fingerprint density at radius 1 is 1.15 bits per heavy atom. The second-order valence-corrected chi connectivity index (χ2v) is 4.53. The van der Waals surface area contributed by atoms with Crippen LogP contribution in [0.25, 0.3) is 0 Å². The Hall–Kier alpha value is -0.153. The number of hydrogen-bond donors (Lipinski definition) is 0. The number of carbonyl (C=O) groups excluding carboxylic acids is 1. The summed E-state index contributed by atoms with van der Waals surface area (Å²) in [6.45, 7) is 3.75. The quantitative estimate of drug-likeness (QED) is 0.415. The van der Waals surface area contributed by atoms with Crippen molar-refractivity contribution in [2.75, 3.05) is 13.2 Å². The maximum atomic E-state index is 10.7. The van der Waals surface area contributed by atoms with Crippen LogP contribution in [0, 0.1) is 0 Å². The third kappa shape index (κ3) is 11.8. The maximum absolute atomic E-state index is 10.7. The minimum Gasteiger partial charge on any atom is -0.382 e. The van der Waals surface area contributed by atoms with Crippen LogP contribution in [0.15, 0.2) is 0 Å². The molecule has 78 valence electrons. The summed E-state index contributed by atoms with van der Waals surface area (Å²) < 4.78 is 5.23. The predicted molar refractivity (Wildman–Crippen MR) is 59.1 cm³/mol. The van der Waals surface area contributed by atoms with Crippen LogP contribution in [0.4, 0.5) is 0 Å². The van der Waals surface area contributed by atoms with Gasteiger partial charge in [-0.3, -0.25) is 0 Å². The fourth-order valence-corrected chi connectivity index (χ4v) is 1.61. The van der Waals surface area contributed by atoms with Crippen molar-refractivity contribution >= 4 is 15.6 Å². The van der Waals surface area contributed by atoms with E-state index in [-0.39, 0.29) is 0 Å². The van der Waals surface area contributed by atoms with Crippen molar-refractivity contribution in [1.29, 1.82) is 0 Å². The molecule has 2 nitrogen and oxygen atoms in total. The molecule has 0 fully saturated rings. The van der Waals surface area contributed by atoms with E-state index in [1.54, 1.807) is 0 Å². The normalized spacial score (nSPS) is 10.5. The van der Waals surface area contributed by atoms with Crippen LogP contribution in [-0.4, -0.2) is 28.9 Å². The van der Waals surface area contributed by atoms with E-state index in [4.69, 9.17) is 4.74 Å². The van der Waals surface area contributed by atoms with E-state index in [1.807, 2.05) is 6.92 Å². The van der Waals surface area contributed by atoms with E-state index in [0.717, 1.165) is 36.3 Å². The lowest BCUT2D eigenvalue weighted by Crippen LogP contribution is -1.95. The van der Waals surface area contributed by atoms with E-state index >= 15 is 0 Å². The number of unbranched alkanes of at least 4 members (excludes halogenated alkanes) is 4. The zero-order valence-corrected chi connectivity index (χ0v) is 11.0. The summed E-state index contributed by atoms with van der Waals surface area (Å²) in [5.41, 5.74) is 0. The van der Waals surface area contributed by atoms with Gasteiger partial charge in [-0.2, -0.15) is 0 Å². The molecule has 0 rings (SSSR count). The molecule has 0 saturated carbocycles. The Balaban J connectivity index is 2.87. The van der Waals surface area contributed by atoms with Crippen molar-refractivity contribution in [2.45, 2.75) is 45.4 Å². The lowest BCUT2D eigenvalue weighted by Gasteiger charge is -2.01. The Morgan fingerprint density at radius 2 is 1.77 bits per heavy atom. The first-order valence-electron chi connectivity index (χ1n) is 5.34. The number of ether oxygens (including phenoxy) is 1. The largest absolute Gasteiger partial charge is 0.382 e. The highest BCUT2D eigenvalue weighted by Gasteiger charge is 1.93. The summed E-state index contributed by atoms with van der Waals surface area (Å²) in [5.74, 6) is 0. The second-order valence-electron chi connectivity index (χ2n) is 3.42. The molecule has 13 heavy (non-hydrogen) atoms. The SMILES string of the molecule is CCOCCCCCCCC(=O)[SiH3]. The van der Waals surface area contributed by atoms with E-state index < -0.39 is 0 Å². The Morgan fingerprint density at radius 3 is 2.38 bits per heavy atom. The number of carbonyl (C=O) groups is 1. The molecule has 0 unspecified atom stereocenters. The minimum absolute atomic E-state index is 0.453. The first-order chi connectivity index (χ1) is 6.27. The van der Waals surface area contributed by atoms with Crippen LogP contribution in [0.2, 0.25) is 0 Å². The topological polar surface area (TPSA) is 26.3 Å². The highest BCUT2D eigenvalue weighted by molar-refractivity contribution is 6.57. The van der Waals surface area contributed by atoms with E-state index in [0.29, 0.717) is 5.41 Å². The molecule has 0 aliphatic rings. The fourth-order valence-electron chi connectivity index (χ4n) is 1.25. The lowest BCUT2D eigenvalue weighted by atomic mass is 10.1. The smallest absolute Gasteiger partial charge is 0.100 e. The molecule has 0 N–H and O–H groups in total. The molecule has 0 atom stereocenters. The molecule has 0 bridgehead atoms. The van der Waals surface area contributed by atoms with Gasteiger partial charge in [0.05, 0.1) is 10.2 Å². The van der Waals surface area contributed by atoms with Gasteiger partial charge in [0.25, 0.3) is 0 Å². The zero-order chi connectivity index (χ0) is 9.94. The minimum atomic E-state index is 0.453. The van der Waals surface area contributed by atoms with Crippen molar-refractivity contribution in [1.82, 2.24) is 0 Å². The van der Waals surface area contributed by atoms with Crippen molar-refractivity contribution < 1.29 is 9.53 Å². The summed E-state index contributed by atoms with van der Waals surface area (Å²) in [4.78, 5) is 10.7. The Kier molecular flexibility index (Phi) is 9.81. The molecule has 0 heterocycles. The first kappa shape index (κ1) is 12.8. The van der Waals surface area contributed by atoms with Crippen LogP contribution >= 0.6 is 0 Å². The zero-order valence-electron chi connectivity index (χ0n) is 8.97. The second kappa shape index (κ2) is 9.93. The monoisotopic (exact) mass is 202 g/mol. The standard InChI is InChI=1S/C10H22O2Si/c1-2-12-9-7-5-3-4-6-8-10(11)13/h2-9H2,1,13H3. The molecule has 0 radical (unpaired) electrons. The van der Waals surface area contributed by atoms with Gasteiger partial charge in [0, 0.05) is 19.6 Å². The summed E-state index contributed by atoms with van der Waals surface area (Å²) in [7, 11) is 0.731.